The second-order valence-corrected chi connectivity index (χ2v) is 22.1. The Morgan fingerprint density at radius 1 is 1.00 bits per heavy atom. The molecule has 1 aromatic rings. The zero-order chi connectivity index (χ0) is 22.2. The summed E-state index contributed by atoms with van der Waals surface area (Å²) in [6, 6.07) is 6.01. The number of benzene rings is 1. The van der Waals surface area contributed by atoms with E-state index in [2.05, 4.69) is 26.5 Å². The van der Waals surface area contributed by atoms with Crippen molar-refractivity contribution in [2.24, 2.45) is 30.8 Å². The molecule has 2 fully saturated rings. The summed E-state index contributed by atoms with van der Waals surface area (Å²) >= 11 is 31.1. The minimum Gasteiger partial charge on any atom is -0.431 e. The number of halogens is 5. The van der Waals surface area contributed by atoms with Crippen LogP contribution in [0, 0.1) is 17.3 Å². The highest BCUT2D eigenvalue weighted by Gasteiger charge is 2.54. The molecule has 0 aromatic heterocycles. The van der Waals surface area contributed by atoms with Gasteiger partial charge in [-0.25, -0.2) is 0 Å². The van der Waals surface area contributed by atoms with Gasteiger partial charge in [0.05, 0.1) is 0 Å². The minimum absolute atomic E-state index is 0.121. The van der Waals surface area contributed by atoms with Gasteiger partial charge in [0.15, 0.2) is 0 Å². The summed E-state index contributed by atoms with van der Waals surface area (Å²) in [7, 11) is 0. The molecule has 0 bridgehead atoms. The second kappa shape index (κ2) is 7.93. The number of carbonyl (C=O) groups is 1. The lowest BCUT2D eigenvalue weighted by molar-refractivity contribution is -0.129. The molecular formula is C18H21Cl5N3O2P3. The predicted molar refractivity (Wildman–Crippen MR) is 134 cm³/mol. The summed E-state index contributed by atoms with van der Waals surface area (Å²) in [6.45, 7) is -1.07. The van der Waals surface area contributed by atoms with E-state index in [0.717, 1.165) is 38.5 Å². The summed E-state index contributed by atoms with van der Waals surface area (Å²) in [5, 5.41) is 0. The molecule has 3 aliphatic carbocycles. The Morgan fingerprint density at radius 2 is 1.74 bits per heavy atom. The Morgan fingerprint density at radius 3 is 2.48 bits per heavy atom. The molecule has 31 heavy (non-hydrogen) atoms. The molecule has 2 saturated carbocycles. The number of rotatable bonds is 2. The summed E-state index contributed by atoms with van der Waals surface area (Å²) in [5.74, 6) is -3.70. The van der Waals surface area contributed by atoms with Crippen LogP contribution in [0.25, 0.3) is 0 Å². The van der Waals surface area contributed by atoms with Crippen LogP contribution in [0.15, 0.2) is 31.7 Å². The zero-order valence-corrected chi connectivity index (χ0v) is 23.1. The summed E-state index contributed by atoms with van der Waals surface area (Å²) in [4.78, 5) is 12.5. The van der Waals surface area contributed by atoms with Crippen molar-refractivity contribution in [3.63, 3.8) is 0 Å². The maximum Gasteiger partial charge on any atom is 0.350 e. The van der Waals surface area contributed by atoms with Crippen LogP contribution in [-0.2, 0) is 11.2 Å². The van der Waals surface area contributed by atoms with Crippen molar-refractivity contribution in [1.29, 1.82) is 0 Å². The van der Waals surface area contributed by atoms with E-state index in [1.165, 1.54) is 11.1 Å². The third-order valence-corrected chi connectivity index (χ3v) is 19.2. The van der Waals surface area contributed by atoms with Crippen LogP contribution >= 0.6 is 74.8 Å². The van der Waals surface area contributed by atoms with Gasteiger partial charge in [-0.15, -0.1) is 0 Å². The molecule has 5 atom stereocenters. The molecule has 1 aromatic carbocycles. The second-order valence-electron chi connectivity index (χ2n) is 8.94. The van der Waals surface area contributed by atoms with Gasteiger partial charge in [-0.05, 0) is 129 Å². The first-order valence-corrected chi connectivity index (χ1v) is 19.7. The number of hydrogen-bond acceptors (Lipinski definition) is 5. The van der Waals surface area contributed by atoms with Gasteiger partial charge in [0, 0.05) is 11.8 Å². The molecule has 0 saturated heterocycles. The SMILES string of the molecule is C[C@]12CC[C@@H]3c4ccc(OP5(Cl)=NP(Cl)(Cl)=NP(Cl)(Cl)=N5)cc4CC[C@H]3[C@@H]1CCC2=O. The zero-order valence-electron chi connectivity index (χ0n) is 16.6. The van der Waals surface area contributed by atoms with Crippen LogP contribution in [-0.4, -0.2) is 5.78 Å². The Bertz CT molecular complexity index is 1140. The van der Waals surface area contributed by atoms with Crippen molar-refractivity contribution in [2.75, 3.05) is 0 Å². The van der Waals surface area contributed by atoms with Crippen molar-refractivity contribution < 1.29 is 9.32 Å². The van der Waals surface area contributed by atoms with Gasteiger partial charge in [0.1, 0.15) is 11.5 Å². The van der Waals surface area contributed by atoms with Crippen molar-refractivity contribution in [3.05, 3.63) is 29.3 Å². The molecule has 1 heterocycles. The average Bonchev–Trinajstić information content (AvgIpc) is 2.93. The van der Waals surface area contributed by atoms with Gasteiger partial charge in [0.2, 0.25) is 0 Å². The number of Topliss-reactive ketones (excluding diaryl/α,β-unsaturated/α-hetero) is 1. The van der Waals surface area contributed by atoms with Gasteiger partial charge in [0.25, 0.3) is 11.8 Å². The van der Waals surface area contributed by atoms with Gasteiger partial charge in [-0.3, -0.25) is 4.79 Å². The van der Waals surface area contributed by atoms with Crippen LogP contribution in [0.2, 0.25) is 0 Å². The standard InChI is InChI=1S/C18H21Cl5N3O2P3/c1-18-9-8-14-13-5-3-12(28-31(23)25-29(19,20)24-30(21,22)26-31)10-11(13)2-4-15(14)16(18)6-7-17(18)27/h3,5,10,14-16H,2,4,6-9H2,1H3/t14-,15-,16+,18+/m1/s1. The van der Waals surface area contributed by atoms with Crippen molar-refractivity contribution >= 4 is 80.6 Å². The highest BCUT2D eigenvalue weighted by molar-refractivity contribution is 8.22. The Labute approximate surface area is 206 Å². The monoisotopic (exact) mass is 579 g/mol. The van der Waals surface area contributed by atoms with Crippen molar-refractivity contribution in [2.45, 2.75) is 51.4 Å². The third-order valence-electron chi connectivity index (χ3n) is 7.28. The van der Waals surface area contributed by atoms with Crippen LogP contribution in [0.3, 0.4) is 0 Å². The van der Waals surface area contributed by atoms with Crippen molar-refractivity contribution in [1.82, 2.24) is 0 Å². The first-order chi connectivity index (χ1) is 14.4. The van der Waals surface area contributed by atoms with E-state index in [4.69, 9.17) is 60.7 Å². The number of ketones is 1. The molecule has 5 rings (SSSR count). The number of fused-ring (bicyclic) bond motifs is 5. The minimum atomic E-state index is -3.26. The third kappa shape index (κ3) is 4.34. The topological polar surface area (TPSA) is 63.4 Å². The largest absolute Gasteiger partial charge is 0.431 e. The lowest BCUT2D eigenvalue weighted by Crippen LogP contribution is -2.42. The van der Waals surface area contributed by atoms with E-state index < -0.39 is 18.6 Å². The Hall–Kier alpha value is 0.830. The molecule has 13 heteroatoms. The number of carbonyl (C=O) groups excluding carboxylic acids is 1. The van der Waals surface area contributed by atoms with Crippen LogP contribution in [0.4, 0.5) is 0 Å². The van der Waals surface area contributed by atoms with Crippen LogP contribution in [0.5, 0.6) is 5.75 Å². The normalized spacial score (nSPS) is 39.8. The van der Waals surface area contributed by atoms with E-state index in [1.54, 1.807) is 0 Å². The van der Waals surface area contributed by atoms with E-state index in [-0.39, 0.29) is 5.41 Å². The van der Waals surface area contributed by atoms with Crippen LogP contribution < -0.4 is 4.52 Å². The van der Waals surface area contributed by atoms with Crippen LogP contribution in [0.1, 0.15) is 56.1 Å². The maximum absolute atomic E-state index is 12.5. The highest BCUT2D eigenvalue weighted by Crippen LogP contribution is 2.86. The molecule has 0 amide bonds. The molecule has 0 N–H and O–H groups in total. The average molecular weight is 582 g/mol. The van der Waals surface area contributed by atoms with Gasteiger partial charge < -0.3 is 4.52 Å². The molecule has 1 unspecified atom stereocenters. The van der Waals surface area contributed by atoms with E-state index >= 15 is 0 Å². The molecule has 1 aliphatic heterocycles. The maximum atomic E-state index is 12.5. The summed E-state index contributed by atoms with van der Waals surface area (Å²) < 4.78 is 18.2. The molecule has 170 valence electrons. The molecule has 0 radical (unpaired) electrons. The predicted octanol–water partition coefficient (Wildman–Crippen LogP) is 10.5. The molecule has 5 nitrogen and oxygen atoms in total. The molecule has 4 aliphatic rings. The fraction of sp³-hybridized carbons (Fsp3) is 0.611. The van der Waals surface area contributed by atoms with Gasteiger partial charge >= 0.3 is 6.78 Å². The fourth-order valence-corrected chi connectivity index (χ4v) is 22.5. The van der Waals surface area contributed by atoms with Gasteiger partial charge in [-0.2, -0.15) is 13.5 Å². The molecule has 0 spiro atoms. The first-order valence-electron chi connectivity index (χ1n) is 10.2. The first kappa shape index (κ1) is 23.6. The lowest BCUT2D eigenvalue weighted by atomic mass is 9.55. The van der Waals surface area contributed by atoms with Gasteiger partial charge in [-0.1, -0.05) is 13.0 Å². The van der Waals surface area contributed by atoms with E-state index in [9.17, 15) is 4.79 Å². The summed E-state index contributed by atoms with van der Waals surface area (Å²) in [5.41, 5.74) is 2.48. The highest BCUT2D eigenvalue weighted by atomic mass is 35.9. The molecular weight excluding hydrogens is 560 g/mol. The quantitative estimate of drug-likeness (QED) is 0.326. The Balaban J connectivity index is 1.44. The number of nitrogens with zero attached hydrogens (tertiary/aromatic N) is 3. The summed E-state index contributed by atoms with van der Waals surface area (Å²) in [6.07, 6.45) is 5.81. The van der Waals surface area contributed by atoms with E-state index in [0.29, 0.717) is 29.3 Å². The number of aryl methyl sites for hydroxylation is 1. The Kier molecular flexibility index (Phi) is 6.03. The number of hydrogen-bond donors (Lipinski definition) is 0. The van der Waals surface area contributed by atoms with E-state index in [1.807, 2.05) is 12.1 Å². The smallest absolute Gasteiger partial charge is 0.350 e. The van der Waals surface area contributed by atoms with Crippen molar-refractivity contribution in [3.8, 4) is 5.75 Å². The lowest BCUT2D eigenvalue weighted by Gasteiger charge is -2.48. The fourth-order valence-electron chi connectivity index (χ4n) is 6.01.